The number of carbonyl (C=O) groups is 1. The van der Waals surface area contributed by atoms with Gasteiger partial charge >= 0.3 is 0 Å². The predicted octanol–water partition coefficient (Wildman–Crippen LogP) is 2.19. The maximum absolute atomic E-state index is 13.4. The van der Waals surface area contributed by atoms with E-state index in [0.29, 0.717) is 0 Å². The minimum Gasteiger partial charge on any atom is -0.399 e. The molecule has 0 bridgehead atoms. The van der Waals surface area contributed by atoms with E-state index < -0.39 is 17.5 Å². The first-order valence-corrected chi connectivity index (χ1v) is 5.04. The Morgan fingerprint density at radius 1 is 1.22 bits per heavy atom. The van der Waals surface area contributed by atoms with Crippen molar-refractivity contribution in [3.63, 3.8) is 0 Å². The Morgan fingerprint density at radius 2 is 2.00 bits per heavy atom. The van der Waals surface area contributed by atoms with E-state index in [0.717, 1.165) is 12.3 Å². The lowest BCUT2D eigenvalue weighted by molar-refractivity contribution is 0.102. The maximum atomic E-state index is 13.4. The third-order valence-corrected chi connectivity index (χ3v) is 2.26. The van der Waals surface area contributed by atoms with Crippen LogP contribution in [0.2, 0.25) is 0 Å². The van der Waals surface area contributed by atoms with Crippen LogP contribution in [0.15, 0.2) is 36.7 Å². The predicted molar refractivity (Wildman–Crippen MR) is 63.0 cm³/mol. The quantitative estimate of drug-likeness (QED) is 0.801. The number of amides is 1. The fourth-order valence-corrected chi connectivity index (χ4v) is 1.38. The molecule has 0 atom stereocenters. The maximum Gasteiger partial charge on any atom is 0.258 e. The number of anilines is 2. The standard InChI is InChI=1S/C12H9F2N3O/c13-9-5-7(15)1-2-11(9)17-12(18)8-3-4-16-6-10(8)14/h1-6H,15H2,(H,17,18). The summed E-state index contributed by atoms with van der Waals surface area (Å²) in [4.78, 5) is 15.2. The first-order chi connectivity index (χ1) is 8.58. The van der Waals surface area contributed by atoms with Crippen LogP contribution >= 0.6 is 0 Å². The van der Waals surface area contributed by atoms with Gasteiger partial charge in [0, 0.05) is 11.9 Å². The molecule has 1 aromatic heterocycles. The highest BCUT2D eigenvalue weighted by atomic mass is 19.1. The molecule has 0 saturated carbocycles. The number of halogens is 2. The summed E-state index contributed by atoms with van der Waals surface area (Å²) < 4.78 is 26.7. The van der Waals surface area contributed by atoms with Gasteiger partial charge < -0.3 is 11.1 Å². The molecule has 4 nitrogen and oxygen atoms in total. The molecule has 3 N–H and O–H groups in total. The second-order valence-corrected chi connectivity index (χ2v) is 3.55. The summed E-state index contributed by atoms with van der Waals surface area (Å²) in [5.41, 5.74) is 5.34. The molecule has 2 aromatic rings. The van der Waals surface area contributed by atoms with Crippen molar-refractivity contribution in [2.45, 2.75) is 0 Å². The van der Waals surface area contributed by atoms with E-state index in [9.17, 15) is 13.6 Å². The Hall–Kier alpha value is -2.50. The molecule has 0 aliphatic heterocycles. The summed E-state index contributed by atoms with van der Waals surface area (Å²) in [5.74, 6) is -2.21. The van der Waals surface area contributed by atoms with Gasteiger partial charge in [-0.2, -0.15) is 0 Å². The number of nitrogen functional groups attached to an aromatic ring is 1. The molecule has 1 heterocycles. The molecule has 18 heavy (non-hydrogen) atoms. The lowest BCUT2D eigenvalue weighted by atomic mass is 10.2. The SMILES string of the molecule is Nc1ccc(NC(=O)c2ccncc2F)c(F)c1. The Bertz CT molecular complexity index is 602. The first kappa shape index (κ1) is 12.0. The molecule has 0 radical (unpaired) electrons. The zero-order chi connectivity index (χ0) is 13.1. The Kier molecular flexibility index (Phi) is 3.18. The number of nitrogens with one attached hydrogen (secondary N) is 1. The topological polar surface area (TPSA) is 68.0 Å². The summed E-state index contributed by atoms with van der Waals surface area (Å²) in [7, 11) is 0. The van der Waals surface area contributed by atoms with Crippen molar-refractivity contribution in [2.24, 2.45) is 0 Å². The van der Waals surface area contributed by atoms with Gasteiger partial charge in [0.05, 0.1) is 17.4 Å². The lowest BCUT2D eigenvalue weighted by Gasteiger charge is -2.07. The van der Waals surface area contributed by atoms with E-state index in [4.69, 9.17) is 5.73 Å². The third kappa shape index (κ3) is 2.42. The van der Waals surface area contributed by atoms with Crippen LogP contribution < -0.4 is 11.1 Å². The Morgan fingerprint density at radius 3 is 2.67 bits per heavy atom. The zero-order valence-electron chi connectivity index (χ0n) is 9.15. The van der Waals surface area contributed by atoms with Crippen LogP contribution in [0, 0.1) is 11.6 Å². The number of pyridine rings is 1. The Labute approximate surface area is 101 Å². The normalized spacial score (nSPS) is 10.1. The van der Waals surface area contributed by atoms with Gasteiger partial charge in [-0.3, -0.25) is 9.78 Å². The van der Waals surface area contributed by atoms with Crippen LogP contribution in [-0.2, 0) is 0 Å². The van der Waals surface area contributed by atoms with Gasteiger partial charge in [-0.15, -0.1) is 0 Å². The minimum atomic E-state index is -0.772. The van der Waals surface area contributed by atoms with Crippen molar-refractivity contribution in [1.82, 2.24) is 4.98 Å². The van der Waals surface area contributed by atoms with Crippen molar-refractivity contribution < 1.29 is 13.6 Å². The largest absolute Gasteiger partial charge is 0.399 e. The van der Waals surface area contributed by atoms with Crippen LogP contribution in [0.4, 0.5) is 20.2 Å². The fourth-order valence-electron chi connectivity index (χ4n) is 1.38. The number of aromatic nitrogens is 1. The molecular weight excluding hydrogens is 240 g/mol. The van der Waals surface area contributed by atoms with E-state index in [1.807, 2.05) is 0 Å². The van der Waals surface area contributed by atoms with Crippen molar-refractivity contribution in [2.75, 3.05) is 11.1 Å². The number of nitrogens with two attached hydrogens (primary N) is 1. The van der Waals surface area contributed by atoms with Gasteiger partial charge in [0.25, 0.3) is 5.91 Å². The summed E-state index contributed by atoms with van der Waals surface area (Å²) in [6, 6.07) is 5.02. The second-order valence-electron chi connectivity index (χ2n) is 3.55. The van der Waals surface area contributed by atoms with Gasteiger partial charge in [-0.1, -0.05) is 0 Å². The highest BCUT2D eigenvalue weighted by Crippen LogP contribution is 2.18. The van der Waals surface area contributed by atoms with Gasteiger partial charge in [0.15, 0.2) is 5.82 Å². The van der Waals surface area contributed by atoms with Gasteiger partial charge in [0.1, 0.15) is 5.82 Å². The summed E-state index contributed by atoms with van der Waals surface area (Å²) >= 11 is 0. The fraction of sp³-hybridized carbons (Fsp3) is 0. The zero-order valence-corrected chi connectivity index (χ0v) is 9.15. The number of carbonyl (C=O) groups excluding carboxylic acids is 1. The van der Waals surface area contributed by atoms with Crippen LogP contribution in [0.3, 0.4) is 0 Å². The number of nitrogens with zero attached hydrogens (tertiary/aromatic N) is 1. The molecule has 92 valence electrons. The van der Waals surface area contributed by atoms with Crippen LogP contribution in [-0.4, -0.2) is 10.9 Å². The molecule has 0 fully saturated rings. The monoisotopic (exact) mass is 249 g/mol. The summed E-state index contributed by atoms with van der Waals surface area (Å²) in [6.45, 7) is 0. The number of hydrogen-bond acceptors (Lipinski definition) is 3. The van der Waals surface area contributed by atoms with Gasteiger partial charge in [-0.25, -0.2) is 8.78 Å². The van der Waals surface area contributed by atoms with E-state index in [1.165, 1.54) is 24.4 Å². The molecule has 1 aromatic carbocycles. The van der Waals surface area contributed by atoms with E-state index in [-0.39, 0.29) is 16.9 Å². The van der Waals surface area contributed by atoms with E-state index >= 15 is 0 Å². The summed E-state index contributed by atoms with van der Waals surface area (Å²) in [6.07, 6.45) is 2.19. The van der Waals surface area contributed by atoms with Crippen LogP contribution in [0.5, 0.6) is 0 Å². The molecule has 0 saturated heterocycles. The summed E-state index contributed by atoms with van der Waals surface area (Å²) in [5, 5.41) is 2.26. The minimum absolute atomic E-state index is 0.0644. The molecule has 0 aliphatic rings. The van der Waals surface area contributed by atoms with Gasteiger partial charge in [-0.05, 0) is 24.3 Å². The van der Waals surface area contributed by atoms with Crippen LogP contribution in [0.25, 0.3) is 0 Å². The molecule has 1 amide bonds. The molecule has 2 rings (SSSR count). The smallest absolute Gasteiger partial charge is 0.258 e. The third-order valence-electron chi connectivity index (χ3n) is 2.26. The van der Waals surface area contributed by atoms with Gasteiger partial charge in [0.2, 0.25) is 0 Å². The average molecular weight is 249 g/mol. The second kappa shape index (κ2) is 4.79. The van der Waals surface area contributed by atoms with Crippen molar-refractivity contribution in [1.29, 1.82) is 0 Å². The first-order valence-electron chi connectivity index (χ1n) is 5.04. The van der Waals surface area contributed by atoms with Crippen molar-refractivity contribution in [3.8, 4) is 0 Å². The molecule has 6 heteroatoms. The van der Waals surface area contributed by atoms with Crippen LogP contribution in [0.1, 0.15) is 10.4 Å². The average Bonchev–Trinajstić information content (AvgIpc) is 2.33. The number of hydrogen-bond donors (Lipinski definition) is 2. The number of rotatable bonds is 2. The van der Waals surface area contributed by atoms with Crippen molar-refractivity contribution in [3.05, 3.63) is 53.9 Å². The Balaban J connectivity index is 2.24. The molecule has 0 aliphatic carbocycles. The van der Waals surface area contributed by atoms with Crippen molar-refractivity contribution >= 4 is 17.3 Å². The lowest BCUT2D eigenvalue weighted by Crippen LogP contribution is -2.15. The number of benzene rings is 1. The van der Waals surface area contributed by atoms with E-state index in [1.54, 1.807) is 0 Å². The highest BCUT2D eigenvalue weighted by molar-refractivity contribution is 6.04. The molecule has 0 unspecified atom stereocenters. The molecular formula is C12H9F2N3O. The molecule has 0 spiro atoms. The highest BCUT2D eigenvalue weighted by Gasteiger charge is 2.13. The van der Waals surface area contributed by atoms with E-state index in [2.05, 4.69) is 10.3 Å².